The monoisotopic (exact) mass is 370 g/mol. The Bertz CT molecular complexity index is 812. The molecule has 0 saturated carbocycles. The van der Waals surface area contributed by atoms with Gasteiger partial charge in [0.15, 0.2) is 0 Å². The van der Waals surface area contributed by atoms with Gasteiger partial charge in [-0.1, -0.05) is 47.6 Å². The van der Waals surface area contributed by atoms with Gasteiger partial charge in [0.2, 0.25) is 0 Å². The lowest BCUT2D eigenvalue weighted by atomic mass is 9.80. The van der Waals surface area contributed by atoms with Crippen molar-refractivity contribution in [1.29, 1.82) is 0 Å². The average molecular weight is 370 g/mol. The molecule has 0 fully saturated rings. The van der Waals surface area contributed by atoms with Gasteiger partial charge in [0, 0.05) is 17.8 Å². The van der Waals surface area contributed by atoms with Crippen molar-refractivity contribution in [3.63, 3.8) is 0 Å². The summed E-state index contributed by atoms with van der Waals surface area (Å²) in [5, 5.41) is 13.4. The summed E-state index contributed by atoms with van der Waals surface area (Å²) in [5.41, 5.74) is 2.68. The molecule has 6 nitrogen and oxygen atoms in total. The number of rotatable bonds is 3. The van der Waals surface area contributed by atoms with Gasteiger partial charge in [0.05, 0.1) is 4.92 Å². The Morgan fingerprint density at radius 2 is 1.41 bits per heavy atom. The molecule has 2 aromatic rings. The van der Waals surface area contributed by atoms with Crippen molar-refractivity contribution in [3.05, 3.63) is 63.7 Å². The van der Waals surface area contributed by atoms with Gasteiger partial charge in [-0.2, -0.15) is 0 Å². The zero-order chi connectivity index (χ0) is 20.4. The minimum Gasteiger partial charge on any atom is -0.410 e. The van der Waals surface area contributed by atoms with Gasteiger partial charge in [-0.15, -0.1) is 0 Å². The van der Waals surface area contributed by atoms with E-state index in [4.69, 9.17) is 4.74 Å². The maximum atomic E-state index is 12.3. The fourth-order valence-corrected chi connectivity index (χ4v) is 2.45. The molecule has 0 radical (unpaired) electrons. The van der Waals surface area contributed by atoms with Crippen LogP contribution in [0, 0.1) is 10.1 Å². The average Bonchev–Trinajstić information content (AvgIpc) is 2.53. The molecule has 0 heterocycles. The SMILES string of the molecule is CC(C)(C)c1cc(NC(=O)Oc2ccc([N+](=O)[O-])cc2)cc(C(C)(C)C)c1. The van der Waals surface area contributed by atoms with E-state index in [2.05, 4.69) is 52.9 Å². The molecule has 144 valence electrons. The number of hydrogen-bond donors (Lipinski definition) is 1. The van der Waals surface area contributed by atoms with Gasteiger partial charge in [0.1, 0.15) is 5.75 Å². The van der Waals surface area contributed by atoms with Crippen LogP contribution in [0.5, 0.6) is 5.75 Å². The normalized spacial score (nSPS) is 11.8. The molecule has 2 aromatic carbocycles. The molecule has 1 N–H and O–H groups in total. The zero-order valence-corrected chi connectivity index (χ0v) is 16.6. The fraction of sp³-hybridized carbons (Fsp3) is 0.381. The summed E-state index contributed by atoms with van der Waals surface area (Å²) < 4.78 is 5.23. The van der Waals surface area contributed by atoms with Gasteiger partial charge in [0.25, 0.3) is 5.69 Å². The van der Waals surface area contributed by atoms with Gasteiger partial charge in [-0.25, -0.2) is 4.79 Å². The molecule has 0 aliphatic heterocycles. The van der Waals surface area contributed by atoms with Crippen LogP contribution in [0.25, 0.3) is 0 Å². The zero-order valence-electron chi connectivity index (χ0n) is 16.6. The van der Waals surface area contributed by atoms with Crippen molar-refractivity contribution >= 4 is 17.5 Å². The maximum absolute atomic E-state index is 12.3. The van der Waals surface area contributed by atoms with E-state index in [9.17, 15) is 14.9 Å². The Morgan fingerprint density at radius 1 is 0.926 bits per heavy atom. The van der Waals surface area contributed by atoms with E-state index < -0.39 is 11.0 Å². The first-order chi connectivity index (χ1) is 12.4. The minimum absolute atomic E-state index is 0.0598. The summed E-state index contributed by atoms with van der Waals surface area (Å²) in [6, 6.07) is 11.4. The van der Waals surface area contributed by atoms with Crippen molar-refractivity contribution in [2.45, 2.75) is 52.4 Å². The lowest BCUT2D eigenvalue weighted by molar-refractivity contribution is -0.384. The molecule has 0 saturated heterocycles. The number of nitro benzene ring substituents is 1. The number of nitrogens with one attached hydrogen (secondary N) is 1. The first kappa shape index (κ1) is 20.4. The van der Waals surface area contributed by atoms with E-state index in [1.165, 1.54) is 24.3 Å². The van der Waals surface area contributed by atoms with Crippen molar-refractivity contribution < 1.29 is 14.5 Å². The number of amides is 1. The number of nitrogens with zero attached hydrogens (tertiary/aromatic N) is 1. The van der Waals surface area contributed by atoms with Crippen LogP contribution in [0.1, 0.15) is 52.7 Å². The highest BCUT2D eigenvalue weighted by Crippen LogP contribution is 2.32. The largest absolute Gasteiger partial charge is 0.417 e. The summed E-state index contributed by atoms with van der Waals surface area (Å²) in [7, 11) is 0. The van der Waals surface area contributed by atoms with E-state index >= 15 is 0 Å². The second kappa shape index (κ2) is 7.39. The summed E-state index contributed by atoms with van der Waals surface area (Å²) in [6.07, 6.45) is -0.644. The molecule has 0 aliphatic carbocycles. The molecule has 0 unspecified atom stereocenters. The standard InChI is InChI=1S/C21H26N2O4/c1-20(2,3)14-11-15(21(4,5)6)13-16(12-14)22-19(24)27-18-9-7-17(8-10-18)23(25)26/h7-13H,1-6H3,(H,22,24). The van der Waals surface area contributed by atoms with E-state index in [1.54, 1.807) is 0 Å². The molecule has 27 heavy (non-hydrogen) atoms. The maximum Gasteiger partial charge on any atom is 0.417 e. The number of non-ortho nitro benzene ring substituents is 1. The van der Waals surface area contributed by atoms with Gasteiger partial charge in [-0.3, -0.25) is 15.4 Å². The van der Waals surface area contributed by atoms with Crippen LogP contribution in [-0.4, -0.2) is 11.0 Å². The molecule has 0 spiro atoms. The Kier molecular flexibility index (Phi) is 5.59. The third-order valence-electron chi connectivity index (χ3n) is 4.17. The molecule has 1 amide bonds. The third kappa shape index (κ3) is 5.54. The van der Waals surface area contributed by atoms with Gasteiger partial charge < -0.3 is 4.74 Å². The first-order valence-electron chi connectivity index (χ1n) is 8.75. The van der Waals surface area contributed by atoms with Crippen LogP contribution in [0.3, 0.4) is 0 Å². The van der Waals surface area contributed by atoms with Crippen molar-refractivity contribution in [2.24, 2.45) is 0 Å². The molecule has 6 heteroatoms. The molecule has 0 aliphatic rings. The Balaban J connectivity index is 2.22. The van der Waals surface area contributed by atoms with Crippen LogP contribution in [0.2, 0.25) is 0 Å². The van der Waals surface area contributed by atoms with Crippen LogP contribution >= 0.6 is 0 Å². The van der Waals surface area contributed by atoms with Crippen LogP contribution in [0.15, 0.2) is 42.5 Å². The van der Waals surface area contributed by atoms with Crippen LogP contribution in [-0.2, 0) is 10.8 Å². The number of nitro groups is 1. The fourth-order valence-electron chi connectivity index (χ4n) is 2.45. The second-order valence-electron chi connectivity index (χ2n) is 8.56. The highest BCUT2D eigenvalue weighted by Gasteiger charge is 2.21. The number of benzene rings is 2. The molecular formula is C21H26N2O4. The molecule has 0 atom stereocenters. The third-order valence-corrected chi connectivity index (χ3v) is 4.17. The minimum atomic E-state index is -0.644. The number of anilines is 1. The Morgan fingerprint density at radius 3 is 1.81 bits per heavy atom. The molecular weight excluding hydrogens is 344 g/mol. The lowest BCUT2D eigenvalue weighted by Crippen LogP contribution is -2.20. The predicted octanol–water partition coefficient (Wildman–Crippen LogP) is 5.80. The molecule has 0 bridgehead atoms. The van der Waals surface area contributed by atoms with Crippen LogP contribution < -0.4 is 10.1 Å². The Labute approximate surface area is 159 Å². The topological polar surface area (TPSA) is 81.5 Å². The first-order valence-corrected chi connectivity index (χ1v) is 8.75. The van der Waals surface area contributed by atoms with Gasteiger partial charge >= 0.3 is 6.09 Å². The smallest absolute Gasteiger partial charge is 0.410 e. The van der Waals surface area contributed by atoms with E-state index in [-0.39, 0.29) is 22.3 Å². The molecule has 2 rings (SSSR count). The summed E-state index contributed by atoms with van der Waals surface area (Å²) >= 11 is 0. The number of carbonyl (C=O) groups is 1. The highest BCUT2D eigenvalue weighted by atomic mass is 16.6. The quantitative estimate of drug-likeness (QED) is 0.547. The number of carbonyl (C=O) groups excluding carboxylic acids is 1. The van der Waals surface area contributed by atoms with Crippen molar-refractivity contribution in [1.82, 2.24) is 0 Å². The summed E-state index contributed by atoms with van der Waals surface area (Å²) in [4.78, 5) is 22.4. The number of ether oxygens (including phenoxy) is 1. The van der Waals surface area contributed by atoms with E-state index in [0.29, 0.717) is 5.69 Å². The second-order valence-corrected chi connectivity index (χ2v) is 8.56. The van der Waals surface area contributed by atoms with E-state index in [0.717, 1.165) is 11.1 Å². The lowest BCUT2D eigenvalue weighted by Gasteiger charge is -2.26. The summed E-state index contributed by atoms with van der Waals surface area (Å²) in [5.74, 6) is 0.237. The van der Waals surface area contributed by atoms with Crippen molar-refractivity contribution in [3.8, 4) is 5.75 Å². The van der Waals surface area contributed by atoms with Crippen LogP contribution in [0.4, 0.5) is 16.2 Å². The Hall–Kier alpha value is -2.89. The highest BCUT2D eigenvalue weighted by molar-refractivity contribution is 5.86. The number of hydrogen-bond acceptors (Lipinski definition) is 4. The van der Waals surface area contributed by atoms with Crippen molar-refractivity contribution in [2.75, 3.05) is 5.32 Å². The van der Waals surface area contributed by atoms with E-state index in [1.807, 2.05) is 12.1 Å². The van der Waals surface area contributed by atoms with Gasteiger partial charge in [-0.05, 0) is 46.2 Å². The molecule has 0 aromatic heterocycles. The summed E-state index contributed by atoms with van der Waals surface area (Å²) in [6.45, 7) is 12.7. The predicted molar refractivity (Wildman–Crippen MR) is 107 cm³/mol.